The van der Waals surface area contributed by atoms with E-state index in [4.69, 9.17) is 5.11 Å². The van der Waals surface area contributed by atoms with Crippen LogP contribution in [0.1, 0.15) is 30.3 Å². The molecular weight excluding hydrogens is 260 g/mol. The van der Waals surface area contributed by atoms with Crippen LogP contribution in [0.5, 0.6) is 0 Å². The highest BCUT2D eigenvalue weighted by Gasteiger charge is 2.26. The minimum absolute atomic E-state index is 0.105. The maximum absolute atomic E-state index is 12.1. The first-order valence-electron chi connectivity index (χ1n) is 7.04. The average Bonchev–Trinajstić information content (AvgIpc) is 3.20. The van der Waals surface area contributed by atoms with E-state index in [-0.39, 0.29) is 12.5 Å². The quantitative estimate of drug-likeness (QED) is 0.644. The van der Waals surface area contributed by atoms with Gasteiger partial charge < -0.3 is 20.4 Å². The van der Waals surface area contributed by atoms with Gasteiger partial charge in [0.05, 0.1) is 37.6 Å². The third-order valence-corrected chi connectivity index (χ3v) is 3.80. The Balaban J connectivity index is 1.61. The highest BCUT2D eigenvalue weighted by molar-refractivity contribution is 5.78. The fourth-order valence-corrected chi connectivity index (χ4v) is 2.39. The smallest absolute Gasteiger partial charge is 0.236 e. The Kier molecular flexibility index (Phi) is 3.73. The van der Waals surface area contributed by atoms with Crippen molar-refractivity contribution in [3.05, 3.63) is 17.5 Å². The monoisotopic (exact) mass is 280 g/mol. The van der Waals surface area contributed by atoms with Crippen LogP contribution in [-0.4, -0.2) is 56.5 Å². The lowest BCUT2D eigenvalue weighted by Crippen LogP contribution is -2.43. The molecule has 1 unspecified atom stereocenters. The Morgan fingerprint density at radius 3 is 3.00 bits per heavy atom. The van der Waals surface area contributed by atoms with Gasteiger partial charge in [-0.2, -0.15) is 5.10 Å². The summed E-state index contributed by atoms with van der Waals surface area (Å²) in [4.78, 5) is 13.9. The second-order valence-electron chi connectivity index (χ2n) is 5.45. The molecule has 1 aliphatic carbocycles. The Morgan fingerprint density at radius 1 is 1.50 bits per heavy atom. The van der Waals surface area contributed by atoms with Gasteiger partial charge in [0, 0.05) is 12.6 Å². The van der Waals surface area contributed by atoms with Gasteiger partial charge in [-0.05, 0) is 18.9 Å². The third-order valence-electron chi connectivity index (χ3n) is 3.80. The van der Waals surface area contributed by atoms with Crippen LogP contribution in [0, 0.1) is 0 Å². The summed E-state index contributed by atoms with van der Waals surface area (Å²) in [5.41, 5.74) is 1.37. The molecule has 3 rings (SSSR count). The lowest BCUT2D eigenvalue weighted by atomic mass is 10.2. The largest absolute Gasteiger partial charge is 0.393 e. The van der Waals surface area contributed by atoms with E-state index in [1.165, 1.54) is 12.8 Å². The molecule has 0 bridgehead atoms. The molecule has 0 spiro atoms. The van der Waals surface area contributed by atoms with Gasteiger partial charge in [0.2, 0.25) is 5.91 Å². The summed E-state index contributed by atoms with van der Waals surface area (Å²) in [6, 6.07) is 2.29. The summed E-state index contributed by atoms with van der Waals surface area (Å²) in [5, 5.41) is 26.0. The van der Waals surface area contributed by atoms with Crippen molar-refractivity contribution in [1.29, 1.82) is 0 Å². The van der Waals surface area contributed by atoms with Gasteiger partial charge in [-0.3, -0.25) is 9.48 Å². The number of nitrogens with one attached hydrogen (secondary N) is 1. The topological polar surface area (TPSA) is 90.6 Å². The molecule has 20 heavy (non-hydrogen) atoms. The number of aliphatic hydroxyl groups excluding tert-OH is 2. The molecule has 3 N–H and O–H groups in total. The van der Waals surface area contributed by atoms with Crippen molar-refractivity contribution in [3.63, 3.8) is 0 Å². The van der Waals surface area contributed by atoms with E-state index in [0.29, 0.717) is 37.9 Å². The molecule has 1 aromatic rings. The number of aliphatic hydroxyl groups is 2. The molecule has 1 aliphatic heterocycles. The lowest BCUT2D eigenvalue weighted by Gasteiger charge is -2.27. The molecule has 1 aromatic heterocycles. The molecule has 7 heteroatoms. The van der Waals surface area contributed by atoms with E-state index in [0.717, 1.165) is 5.69 Å². The average molecular weight is 280 g/mol. The Bertz CT molecular complexity index is 498. The molecule has 2 heterocycles. The number of carbonyl (C=O) groups is 1. The van der Waals surface area contributed by atoms with Crippen molar-refractivity contribution in [1.82, 2.24) is 20.0 Å². The van der Waals surface area contributed by atoms with E-state index in [9.17, 15) is 9.90 Å². The minimum atomic E-state index is -0.950. The Hall–Kier alpha value is -1.44. The number of aromatic nitrogens is 2. The molecule has 2 aliphatic rings. The number of carbonyl (C=O) groups excluding carboxylic acids is 1. The Labute approximate surface area is 117 Å². The Morgan fingerprint density at radius 2 is 2.30 bits per heavy atom. The molecule has 1 amide bonds. The van der Waals surface area contributed by atoms with E-state index < -0.39 is 6.10 Å². The normalized spacial score (nSPS) is 19.8. The third kappa shape index (κ3) is 2.84. The maximum Gasteiger partial charge on any atom is 0.236 e. The first-order chi connectivity index (χ1) is 9.67. The van der Waals surface area contributed by atoms with Gasteiger partial charge >= 0.3 is 0 Å². The van der Waals surface area contributed by atoms with Gasteiger partial charge in [-0.15, -0.1) is 0 Å². The summed E-state index contributed by atoms with van der Waals surface area (Å²) in [6.07, 6.45) is 1.39. The maximum atomic E-state index is 12.1. The van der Waals surface area contributed by atoms with Gasteiger partial charge in [-0.25, -0.2) is 0 Å². The molecule has 1 atom stereocenters. The number of hydrogen-bond donors (Lipinski definition) is 3. The van der Waals surface area contributed by atoms with Crippen molar-refractivity contribution in [2.24, 2.45) is 0 Å². The van der Waals surface area contributed by atoms with E-state index in [1.807, 2.05) is 4.90 Å². The second kappa shape index (κ2) is 5.51. The minimum Gasteiger partial charge on any atom is -0.393 e. The van der Waals surface area contributed by atoms with Crippen LogP contribution < -0.4 is 5.32 Å². The molecule has 0 aromatic carbocycles. The summed E-state index contributed by atoms with van der Waals surface area (Å²) in [5.74, 6) is 0.105. The summed E-state index contributed by atoms with van der Waals surface area (Å²) in [6.45, 7) is 1.82. The zero-order chi connectivity index (χ0) is 14.1. The number of rotatable bonds is 5. The number of fused-ring (bicyclic) bond motifs is 1. The van der Waals surface area contributed by atoms with Gasteiger partial charge in [0.15, 0.2) is 0 Å². The fraction of sp³-hybridized carbons (Fsp3) is 0.692. The standard InChI is InChI=1S/C13H20N4O3/c18-8-12(19)11-5-10-7-16(3-4-17(10)15-11)13(20)6-14-9-1-2-9/h5,9,12,14,18-19H,1-4,6-8H2. The van der Waals surface area contributed by atoms with Crippen LogP contribution in [0.4, 0.5) is 0 Å². The zero-order valence-corrected chi connectivity index (χ0v) is 11.3. The zero-order valence-electron chi connectivity index (χ0n) is 11.3. The van der Waals surface area contributed by atoms with Crippen LogP contribution in [0.15, 0.2) is 6.07 Å². The van der Waals surface area contributed by atoms with Gasteiger partial charge in [0.1, 0.15) is 6.10 Å². The molecule has 0 saturated heterocycles. The molecule has 0 radical (unpaired) electrons. The van der Waals surface area contributed by atoms with Crippen LogP contribution in [0.25, 0.3) is 0 Å². The molecule has 1 fully saturated rings. The highest BCUT2D eigenvalue weighted by Crippen LogP contribution is 2.19. The molecule has 1 saturated carbocycles. The highest BCUT2D eigenvalue weighted by atomic mass is 16.3. The van der Waals surface area contributed by atoms with Crippen molar-refractivity contribution < 1.29 is 15.0 Å². The van der Waals surface area contributed by atoms with Crippen LogP contribution in [0.3, 0.4) is 0 Å². The van der Waals surface area contributed by atoms with Gasteiger partial charge in [-0.1, -0.05) is 0 Å². The molecule has 110 valence electrons. The van der Waals surface area contributed by atoms with Gasteiger partial charge in [0.25, 0.3) is 0 Å². The first kappa shape index (κ1) is 13.5. The summed E-state index contributed by atoms with van der Waals surface area (Å²) >= 11 is 0. The molecular formula is C13H20N4O3. The van der Waals surface area contributed by atoms with Crippen molar-refractivity contribution in [2.45, 2.75) is 38.1 Å². The van der Waals surface area contributed by atoms with Crippen molar-refractivity contribution >= 4 is 5.91 Å². The van der Waals surface area contributed by atoms with E-state index in [2.05, 4.69) is 10.4 Å². The SMILES string of the molecule is O=C(CNC1CC1)N1CCn2nc(C(O)CO)cc2C1. The van der Waals surface area contributed by atoms with Crippen molar-refractivity contribution in [3.8, 4) is 0 Å². The summed E-state index contributed by atoms with van der Waals surface area (Å²) in [7, 11) is 0. The van der Waals surface area contributed by atoms with E-state index >= 15 is 0 Å². The number of nitrogens with zero attached hydrogens (tertiary/aromatic N) is 3. The van der Waals surface area contributed by atoms with E-state index in [1.54, 1.807) is 10.7 Å². The van der Waals surface area contributed by atoms with Crippen LogP contribution in [-0.2, 0) is 17.9 Å². The lowest BCUT2D eigenvalue weighted by molar-refractivity contribution is -0.131. The first-order valence-corrected chi connectivity index (χ1v) is 7.04. The number of amides is 1. The number of hydrogen-bond acceptors (Lipinski definition) is 5. The second-order valence-corrected chi connectivity index (χ2v) is 5.45. The summed E-state index contributed by atoms with van der Waals surface area (Å²) < 4.78 is 1.80. The fourth-order valence-electron chi connectivity index (χ4n) is 2.39. The van der Waals surface area contributed by atoms with Crippen molar-refractivity contribution in [2.75, 3.05) is 19.7 Å². The van der Waals surface area contributed by atoms with Crippen LogP contribution in [0.2, 0.25) is 0 Å². The molecule has 7 nitrogen and oxygen atoms in total. The predicted molar refractivity (Wildman–Crippen MR) is 70.7 cm³/mol. The predicted octanol–water partition coefficient (Wildman–Crippen LogP) is -0.997. The van der Waals surface area contributed by atoms with Crippen LogP contribution >= 0.6 is 0 Å².